The van der Waals surface area contributed by atoms with E-state index in [1.54, 1.807) is 59.5 Å². The summed E-state index contributed by atoms with van der Waals surface area (Å²) in [7, 11) is -4.06. The molecule has 2 heterocycles. The molecule has 1 saturated heterocycles. The third kappa shape index (κ3) is 4.96. The van der Waals surface area contributed by atoms with Crippen LogP contribution in [0.1, 0.15) is 26.3 Å². The first-order chi connectivity index (χ1) is 19.7. The van der Waals surface area contributed by atoms with Crippen molar-refractivity contribution < 1.29 is 22.4 Å². The van der Waals surface area contributed by atoms with Gasteiger partial charge in [-0.1, -0.05) is 48.0 Å². The molecule has 7 nitrogen and oxygen atoms in total. The molecule has 1 fully saturated rings. The number of amides is 2. The molecule has 2 amide bonds. The monoisotopic (exact) mass is 589 g/mol. The summed E-state index contributed by atoms with van der Waals surface area (Å²) in [6, 6.07) is 24.0. The largest absolute Gasteiger partial charge is 0.366 e. The maximum absolute atomic E-state index is 14.3. The molecule has 0 saturated carbocycles. The van der Waals surface area contributed by atoms with E-state index in [-0.39, 0.29) is 44.9 Å². The van der Waals surface area contributed by atoms with Crippen LogP contribution in [0.25, 0.3) is 0 Å². The van der Waals surface area contributed by atoms with Gasteiger partial charge < -0.3 is 14.7 Å². The van der Waals surface area contributed by atoms with Gasteiger partial charge in [0.1, 0.15) is 5.82 Å². The Morgan fingerprint density at radius 2 is 1.49 bits per heavy atom. The van der Waals surface area contributed by atoms with E-state index in [2.05, 4.69) is 0 Å². The Hall–Kier alpha value is -4.21. The quantitative estimate of drug-likeness (QED) is 0.317. The van der Waals surface area contributed by atoms with Gasteiger partial charge in [-0.15, -0.1) is 0 Å². The smallest absolute Gasteiger partial charge is 0.259 e. The molecule has 208 valence electrons. The third-order valence-electron chi connectivity index (χ3n) is 7.45. The fraction of sp³-hybridized carbons (Fsp3) is 0.161. The van der Waals surface area contributed by atoms with Crippen molar-refractivity contribution in [2.75, 3.05) is 36.0 Å². The van der Waals surface area contributed by atoms with Gasteiger partial charge in [-0.05, 0) is 60.2 Å². The number of fused-ring (bicyclic) bond motifs is 2. The van der Waals surface area contributed by atoms with Gasteiger partial charge in [0.05, 0.1) is 33.3 Å². The highest BCUT2D eigenvalue weighted by molar-refractivity contribution is 7.91. The average Bonchev–Trinajstić information content (AvgIpc) is 3.06. The molecule has 10 heteroatoms. The number of para-hydroxylation sites is 1. The topological polar surface area (TPSA) is 78.0 Å². The number of anilines is 2. The summed E-state index contributed by atoms with van der Waals surface area (Å²) >= 11 is 6.05. The molecule has 6 rings (SSSR count). The predicted octanol–water partition coefficient (Wildman–Crippen LogP) is 5.43. The van der Waals surface area contributed by atoms with E-state index in [9.17, 15) is 22.4 Å². The number of benzene rings is 4. The van der Waals surface area contributed by atoms with Gasteiger partial charge in [0.2, 0.25) is 9.84 Å². The van der Waals surface area contributed by atoms with Crippen molar-refractivity contribution in [3.8, 4) is 0 Å². The number of carbonyl (C=O) groups excluding carboxylic acids is 2. The van der Waals surface area contributed by atoms with Crippen LogP contribution < -0.4 is 9.80 Å². The van der Waals surface area contributed by atoms with E-state index < -0.39 is 15.7 Å². The lowest BCUT2D eigenvalue weighted by Crippen LogP contribution is -2.49. The molecule has 4 aromatic carbocycles. The van der Waals surface area contributed by atoms with Crippen LogP contribution in [0.15, 0.2) is 101 Å². The summed E-state index contributed by atoms with van der Waals surface area (Å²) in [5.41, 5.74) is 1.70. The Balaban J connectivity index is 1.35. The first-order valence-electron chi connectivity index (χ1n) is 13.1. The van der Waals surface area contributed by atoms with Crippen LogP contribution in [0.4, 0.5) is 15.8 Å². The van der Waals surface area contributed by atoms with E-state index in [4.69, 9.17) is 11.6 Å². The number of rotatable bonds is 4. The number of hydrogen-bond donors (Lipinski definition) is 0. The number of halogens is 2. The molecule has 0 radical (unpaired) electrons. The summed E-state index contributed by atoms with van der Waals surface area (Å²) < 4.78 is 41.8. The molecule has 2 aliphatic heterocycles. The van der Waals surface area contributed by atoms with Crippen LogP contribution in [-0.2, 0) is 16.4 Å². The summed E-state index contributed by atoms with van der Waals surface area (Å²) in [5, 5.41) is 0.534. The minimum Gasteiger partial charge on any atom is -0.366 e. The minimum atomic E-state index is -4.06. The third-order valence-corrected chi connectivity index (χ3v) is 9.56. The molecule has 4 aromatic rings. The maximum Gasteiger partial charge on any atom is 0.259 e. The zero-order valence-electron chi connectivity index (χ0n) is 21.8. The lowest BCUT2D eigenvalue weighted by atomic mass is 10.1. The van der Waals surface area contributed by atoms with Crippen molar-refractivity contribution in [1.29, 1.82) is 0 Å². The fourth-order valence-corrected chi connectivity index (χ4v) is 7.07. The Kier molecular flexibility index (Phi) is 7.01. The second-order valence-electron chi connectivity index (χ2n) is 9.93. The zero-order chi connectivity index (χ0) is 28.7. The molecule has 0 spiro atoms. The Morgan fingerprint density at radius 3 is 2.22 bits per heavy atom. The van der Waals surface area contributed by atoms with E-state index in [1.807, 2.05) is 4.90 Å². The Bertz CT molecular complexity index is 1770. The molecule has 0 bridgehead atoms. The van der Waals surface area contributed by atoms with E-state index in [1.165, 1.54) is 41.3 Å². The second kappa shape index (κ2) is 10.6. The van der Waals surface area contributed by atoms with Gasteiger partial charge in [0.25, 0.3) is 11.8 Å². The molecule has 0 aliphatic carbocycles. The lowest BCUT2D eigenvalue weighted by Gasteiger charge is -2.36. The van der Waals surface area contributed by atoms with E-state index >= 15 is 0 Å². The van der Waals surface area contributed by atoms with E-state index in [0.717, 1.165) is 5.56 Å². The second-order valence-corrected chi connectivity index (χ2v) is 12.3. The number of piperazine rings is 1. The number of nitrogens with zero attached hydrogens (tertiary/aromatic N) is 3. The van der Waals surface area contributed by atoms with Crippen molar-refractivity contribution in [3.63, 3.8) is 0 Å². The van der Waals surface area contributed by atoms with Crippen LogP contribution in [-0.4, -0.2) is 51.3 Å². The molecule has 0 aromatic heterocycles. The highest BCUT2D eigenvalue weighted by atomic mass is 35.5. The highest BCUT2D eigenvalue weighted by Gasteiger charge is 2.36. The van der Waals surface area contributed by atoms with Gasteiger partial charge >= 0.3 is 0 Å². The number of hydrogen-bond acceptors (Lipinski definition) is 5. The van der Waals surface area contributed by atoms with Crippen molar-refractivity contribution in [2.45, 2.75) is 16.3 Å². The maximum atomic E-state index is 14.3. The first-order valence-corrected chi connectivity index (χ1v) is 14.9. The van der Waals surface area contributed by atoms with Crippen LogP contribution in [0, 0.1) is 5.82 Å². The summed E-state index contributed by atoms with van der Waals surface area (Å²) in [5.74, 6) is -1.09. The summed E-state index contributed by atoms with van der Waals surface area (Å²) in [6.45, 7) is 1.69. The molecular weight excluding hydrogens is 565 g/mol. The lowest BCUT2D eigenvalue weighted by molar-refractivity contribution is 0.0746. The number of carbonyl (C=O) groups is 2. The van der Waals surface area contributed by atoms with Gasteiger partial charge in [-0.2, -0.15) is 0 Å². The van der Waals surface area contributed by atoms with Crippen LogP contribution in [0.3, 0.4) is 0 Å². The first kappa shape index (κ1) is 27.0. The predicted molar refractivity (Wildman–Crippen MR) is 155 cm³/mol. The molecule has 2 aliphatic rings. The minimum absolute atomic E-state index is 0.0503. The Labute approximate surface area is 242 Å². The van der Waals surface area contributed by atoms with Gasteiger partial charge in [0, 0.05) is 36.8 Å². The SMILES string of the molecule is O=C(c1ccc2c(c1)N(Cc1ccc(Cl)cc1)C(=O)c1ccccc1S2(=O)=O)N1CCN(c2ccccc2F)CC1. The Morgan fingerprint density at radius 1 is 0.805 bits per heavy atom. The fourth-order valence-electron chi connectivity index (χ4n) is 5.31. The van der Waals surface area contributed by atoms with Crippen molar-refractivity contribution >= 4 is 44.6 Å². The molecule has 0 N–H and O–H groups in total. The highest BCUT2D eigenvalue weighted by Crippen LogP contribution is 2.38. The normalized spacial score (nSPS) is 16.1. The van der Waals surface area contributed by atoms with Crippen LogP contribution in [0.2, 0.25) is 5.02 Å². The molecule has 0 unspecified atom stereocenters. The molecule has 41 heavy (non-hydrogen) atoms. The van der Waals surface area contributed by atoms with Gasteiger partial charge in [0.15, 0.2) is 0 Å². The zero-order valence-corrected chi connectivity index (χ0v) is 23.4. The van der Waals surface area contributed by atoms with Crippen molar-refractivity contribution in [3.05, 3.63) is 119 Å². The number of sulfone groups is 1. The van der Waals surface area contributed by atoms with Gasteiger partial charge in [-0.25, -0.2) is 12.8 Å². The molecular formula is C31H25ClFN3O4S. The van der Waals surface area contributed by atoms with E-state index in [0.29, 0.717) is 36.9 Å². The summed E-state index contributed by atoms with van der Waals surface area (Å²) in [6.07, 6.45) is 0. The van der Waals surface area contributed by atoms with Crippen LogP contribution >= 0.6 is 11.6 Å². The summed E-state index contributed by atoms with van der Waals surface area (Å²) in [4.78, 5) is 32.3. The average molecular weight is 590 g/mol. The molecule has 0 atom stereocenters. The van der Waals surface area contributed by atoms with Crippen molar-refractivity contribution in [2.24, 2.45) is 0 Å². The van der Waals surface area contributed by atoms with Gasteiger partial charge in [-0.3, -0.25) is 9.59 Å². The van der Waals surface area contributed by atoms with Crippen LogP contribution in [0.5, 0.6) is 0 Å². The standard InChI is InChI=1S/C31H25ClFN3O4S/c32-23-12-9-21(10-13-23)20-36-27-19-22(11-14-29(27)41(39,40)28-8-4-1-5-24(28)31(36)38)30(37)35-17-15-34(16-18-35)26-7-3-2-6-25(26)33/h1-14,19H,15-18,20H2. The van der Waals surface area contributed by atoms with Crippen molar-refractivity contribution in [1.82, 2.24) is 4.90 Å².